The highest BCUT2D eigenvalue weighted by molar-refractivity contribution is 5.92. The van der Waals surface area contributed by atoms with Crippen molar-refractivity contribution in [3.8, 4) is 17.2 Å². The van der Waals surface area contributed by atoms with E-state index in [1.165, 1.54) is 13.3 Å². The molecule has 9 nitrogen and oxygen atoms in total. The van der Waals surface area contributed by atoms with Crippen molar-refractivity contribution in [3.05, 3.63) is 60.2 Å². The fourth-order valence-corrected chi connectivity index (χ4v) is 2.68. The van der Waals surface area contributed by atoms with Crippen LogP contribution in [-0.4, -0.2) is 43.6 Å². The lowest BCUT2D eigenvalue weighted by Crippen LogP contribution is -2.24. The molecule has 0 heterocycles. The third-order valence-corrected chi connectivity index (χ3v) is 3.89. The van der Waals surface area contributed by atoms with Gasteiger partial charge in [-0.05, 0) is 43.2 Å². The summed E-state index contributed by atoms with van der Waals surface area (Å²) in [5.74, 6) is 0.121. The summed E-state index contributed by atoms with van der Waals surface area (Å²) in [6, 6.07) is 9.89. The van der Waals surface area contributed by atoms with E-state index in [1.807, 2.05) is 13.0 Å². The molecule has 9 heteroatoms. The monoisotopic (exact) mass is 427 g/mol. The van der Waals surface area contributed by atoms with Crippen LogP contribution in [0.25, 0.3) is 0 Å². The van der Waals surface area contributed by atoms with Crippen molar-refractivity contribution in [1.29, 1.82) is 0 Å². The molecule has 31 heavy (non-hydrogen) atoms. The Kier molecular flexibility index (Phi) is 8.90. The SMILES string of the molecule is C=CCc1cc(/C=N/NC(=O)Nc2ccccc2OCC)cc(OC)c1OCC(=O)O. The summed E-state index contributed by atoms with van der Waals surface area (Å²) >= 11 is 0. The number of hydrazone groups is 1. The lowest BCUT2D eigenvalue weighted by molar-refractivity contribution is -0.139. The number of benzene rings is 2. The largest absolute Gasteiger partial charge is 0.493 e. The first-order valence-corrected chi connectivity index (χ1v) is 9.46. The van der Waals surface area contributed by atoms with Crippen LogP contribution < -0.4 is 25.0 Å². The van der Waals surface area contributed by atoms with Gasteiger partial charge < -0.3 is 24.6 Å². The van der Waals surface area contributed by atoms with Gasteiger partial charge in [-0.1, -0.05) is 18.2 Å². The molecular weight excluding hydrogens is 402 g/mol. The Labute approximate surface area is 180 Å². The molecular formula is C22H25N3O6. The standard InChI is InChI=1S/C22H25N3O6/c1-4-8-16-11-15(12-19(29-3)21(16)31-14-20(26)27)13-23-25-22(28)24-17-9-6-7-10-18(17)30-5-2/h4,6-7,9-13H,1,5,8,14H2,2-3H3,(H,26,27)(H2,24,25,28)/b23-13+. The molecule has 3 N–H and O–H groups in total. The minimum atomic E-state index is -1.10. The van der Waals surface area contributed by atoms with Crippen molar-refractivity contribution in [2.45, 2.75) is 13.3 Å². The van der Waals surface area contributed by atoms with E-state index in [0.29, 0.717) is 47.1 Å². The lowest BCUT2D eigenvalue weighted by atomic mass is 10.1. The minimum absolute atomic E-state index is 0.320. The van der Waals surface area contributed by atoms with Gasteiger partial charge in [0.15, 0.2) is 18.1 Å². The molecule has 0 saturated carbocycles. The quantitative estimate of drug-likeness (QED) is 0.287. The topological polar surface area (TPSA) is 118 Å². The minimum Gasteiger partial charge on any atom is -0.493 e. The van der Waals surface area contributed by atoms with E-state index in [0.717, 1.165) is 0 Å². The Hall–Kier alpha value is -4.01. The van der Waals surface area contributed by atoms with E-state index in [4.69, 9.17) is 19.3 Å². The zero-order valence-electron chi connectivity index (χ0n) is 17.4. The molecule has 0 radical (unpaired) electrons. The van der Waals surface area contributed by atoms with Crippen molar-refractivity contribution in [1.82, 2.24) is 5.43 Å². The summed E-state index contributed by atoms with van der Waals surface area (Å²) in [4.78, 5) is 23.0. The molecule has 2 rings (SSSR count). The van der Waals surface area contributed by atoms with Gasteiger partial charge in [0.05, 0.1) is 25.6 Å². The molecule has 0 aliphatic rings. The number of anilines is 1. The van der Waals surface area contributed by atoms with Crippen molar-refractivity contribution in [2.75, 3.05) is 25.6 Å². The molecule has 0 fully saturated rings. The van der Waals surface area contributed by atoms with Gasteiger partial charge in [-0.25, -0.2) is 15.0 Å². The lowest BCUT2D eigenvalue weighted by Gasteiger charge is -2.14. The summed E-state index contributed by atoms with van der Waals surface area (Å²) in [7, 11) is 1.45. The zero-order chi connectivity index (χ0) is 22.6. The Morgan fingerprint density at radius 2 is 1.97 bits per heavy atom. The number of allylic oxidation sites excluding steroid dienone is 1. The number of rotatable bonds is 11. The zero-order valence-corrected chi connectivity index (χ0v) is 17.4. The van der Waals surface area contributed by atoms with Crippen molar-refractivity contribution < 1.29 is 28.9 Å². The van der Waals surface area contributed by atoms with E-state index in [-0.39, 0.29) is 0 Å². The molecule has 0 bridgehead atoms. The second-order valence-corrected chi connectivity index (χ2v) is 6.14. The number of para-hydroxylation sites is 2. The number of ether oxygens (including phenoxy) is 3. The summed E-state index contributed by atoms with van der Waals surface area (Å²) in [5, 5.41) is 15.5. The molecule has 2 aromatic rings. The van der Waals surface area contributed by atoms with Crippen LogP contribution in [0.1, 0.15) is 18.1 Å². The number of aliphatic carboxylic acids is 1. The van der Waals surface area contributed by atoms with Gasteiger partial charge in [0, 0.05) is 5.56 Å². The normalized spacial score (nSPS) is 10.4. The summed E-state index contributed by atoms with van der Waals surface area (Å²) in [6.45, 7) is 5.53. The Bertz CT molecular complexity index is 958. The summed E-state index contributed by atoms with van der Waals surface area (Å²) in [5.41, 5.74) is 4.20. The van der Waals surface area contributed by atoms with Gasteiger partial charge >= 0.3 is 12.0 Å². The average Bonchev–Trinajstić information content (AvgIpc) is 2.74. The van der Waals surface area contributed by atoms with Crippen molar-refractivity contribution >= 4 is 23.9 Å². The molecule has 2 amide bonds. The highest BCUT2D eigenvalue weighted by atomic mass is 16.5. The highest BCUT2D eigenvalue weighted by Gasteiger charge is 2.14. The second-order valence-electron chi connectivity index (χ2n) is 6.14. The van der Waals surface area contributed by atoms with Crippen molar-refractivity contribution in [3.63, 3.8) is 0 Å². The molecule has 0 aliphatic heterocycles. The maximum atomic E-state index is 12.1. The van der Waals surface area contributed by atoms with Crippen LogP contribution in [0.5, 0.6) is 17.2 Å². The number of nitrogens with zero attached hydrogens (tertiary/aromatic N) is 1. The smallest absolute Gasteiger partial charge is 0.341 e. The molecule has 0 saturated heterocycles. The predicted molar refractivity (Wildman–Crippen MR) is 117 cm³/mol. The van der Waals surface area contributed by atoms with Gasteiger partial charge in [-0.2, -0.15) is 5.10 Å². The van der Waals surface area contributed by atoms with E-state index >= 15 is 0 Å². The summed E-state index contributed by atoms with van der Waals surface area (Å²) in [6.07, 6.45) is 3.52. The van der Waals surface area contributed by atoms with E-state index in [9.17, 15) is 9.59 Å². The maximum absolute atomic E-state index is 12.1. The first-order valence-electron chi connectivity index (χ1n) is 9.46. The molecule has 164 valence electrons. The van der Waals surface area contributed by atoms with Crippen LogP contribution in [0.15, 0.2) is 54.2 Å². The number of carboxylic acid groups (broad SMARTS) is 1. The number of nitrogens with one attached hydrogen (secondary N) is 2. The molecule has 0 aromatic heterocycles. The maximum Gasteiger partial charge on any atom is 0.341 e. The third kappa shape index (κ3) is 7.07. The second kappa shape index (κ2) is 11.9. The molecule has 2 aromatic carbocycles. The first kappa shape index (κ1) is 23.3. The van der Waals surface area contributed by atoms with E-state index < -0.39 is 18.6 Å². The number of carboxylic acids is 1. The van der Waals surface area contributed by atoms with Crippen LogP contribution in [-0.2, 0) is 11.2 Å². The number of methoxy groups -OCH3 is 1. The fraction of sp³-hybridized carbons (Fsp3) is 0.227. The van der Waals surface area contributed by atoms with Gasteiger partial charge in [0.25, 0.3) is 0 Å². The number of urea groups is 1. The number of carbonyl (C=O) groups excluding carboxylic acids is 1. The fourth-order valence-electron chi connectivity index (χ4n) is 2.68. The van der Waals surface area contributed by atoms with Crippen LogP contribution >= 0.6 is 0 Å². The van der Waals surface area contributed by atoms with Gasteiger partial charge in [0.2, 0.25) is 0 Å². The Morgan fingerprint density at radius 3 is 2.65 bits per heavy atom. The summed E-state index contributed by atoms with van der Waals surface area (Å²) < 4.78 is 16.1. The third-order valence-electron chi connectivity index (χ3n) is 3.89. The number of carbonyl (C=O) groups is 2. The van der Waals surface area contributed by atoms with E-state index in [2.05, 4.69) is 22.4 Å². The molecule has 0 atom stereocenters. The highest BCUT2D eigenvalue weighted by Crippen LogP contribution is 2.33. The molecule has 0 unspecified atom stereocenters. The van der Waals surface area contributed by atoms with Crippen LogP contribution in [0.2, 0.25) is 0 Å². The number of amides is 2. The van der Waals surface area contributed by atoms with Crippen LogP contribution in [0.3, 0.4) is 0 Å². The van der Waals surface area contributed by atoms with Crippen LogP contribution in [0, 0.1) is 0 Å². The number of hydrogen-bond acceptors (Lipinski definition) is 6. The van der Waals surface area contributed by atoms with Crippen molar-refractivity contribution in [2.24, 2.45) is 5.10 Å². The van der Waals surface area contributed by atoms with Gasteiger partial charge in [-0.15, -0.1) is 6.58 Å². The first-order chi connectivity index (χ1) is 15.0. The Morgan fingerprint density at radius 1 is 1.19 bits per heavy atom. The van der Waals surface area contributed by atoms with Gasteiger partial charge in [-0.3, -0.25) is 0 Å². The van der Waals surface area contributed by atoms with Gasteiger partial charge in [0.1, 0.15) is 5.75 Å². The van der Waals surface area contributed by atoms with Crippen LogP contribution in [0.4, 0.5) is 10.5 Å². The molecule has 0 aliphatic carbocycles. The number of hydrogen-bond donors (Lipinski definition) is 3. The van der Waals surface area contributed by atoms with E-state index in [1.54, 1.807) is 36.4 Å². The average molecular weight is 427 g/mol. The molecule has 0 spiro atoms. The predicted octanol–water partition coefficient (Wildman–Crippen LogP) is 3.44. The Balaban J connectivity index is 2.12.